The maximum absolute atomic E-state index is 11.7. The fourth-order valence-electron chi connectivity index (χ4n) is 3.48. The van der Waals surface area contributed by atoms with Gasteiger partial charge in [0.1, 0.15) is 17.4 Å². The van der Waals surface area contributed by atoms with E-state index < -0.39 is 5.60 Å². The molecule has 0 saturated carbocycles. The molecular weight excluding hydrogens is 456 g/mol. The highest BCUT2D eigenvalue weighted by atomic mass is 79.9. The second kappa shape index (κ2) is 8.67. The number of aryl methyl sites for hydroxylation is 1. The van der Waals surface area contributed by atoms with E-state index in [1.807, 2.05) is 45.4 Å². The molecule has 1 amide bonds. The van der Waals surface area contributed by atoms with E-state index in [2.05, 4.69) is 66.1 Å². The van der Waals surface area contributed by atoms with Gasteiger partial charge in [-0.2, -0.15) is 0 Å². The minimum Gasteiger partial charge on any atom is -0.444 e. The van der Waals surface area contributed by atoms with Gasteiger partial charge in [0.05, 0.1) is 17.2 Å². The van der Waals surface area contributed by atoms with Crippen molar-refractivity contribution in [2.24, 2.45) is 0 Å². The van der Waals surface area contributed by atoms with Gasteiger partial charge in [0.25, 0.3) is 0 Å². The lowest BCUT2D eigenvalue weighted by Gasteiger charge is -2.19. The number of halogens is 1. The molecule has 0 spiro atoms. The van der Waals surface area contributed by atoms with Crippen molar-refractivity contribution >= 4 is 44.0 Å². The number of aromatic nitrogens is 3. The van der Waals surface area contributed by atoms with Gasteiger partial charge in [-0.25, -0.2) is 9.78 Å². The predicted octanol–water partition coefficient (Wildman–Crippen LogP) is 5.79. The fraction of sp³-hybridized carbons (Fsp3) is 0.292. The average Bonchev–Trinajstić information content (AvgIpc) is 3.15. The molecule has 31 heavy (non-hydrogen) atoms. The molecule has 0 aliphatic rings. The summed E-state index contributed by atoms with van der Waals surface area (Å²) in [5.41, 5.74) is 4.63. The van der Waals surface area contributed by atoms with E-state index in [1.165, 1.54) is 5.56 Å². The van der Waals surface area contributed by atoms with Crippen LogP contribution in [0.5, 0.6) is 0 Å². The Balaban J connectivity index is 1.46. The smallest absolute Gasteiger partial charge is 0.407 e. The van der Waals surface area contributed by atoms with E-state index in [9.17, 15) is 4.79 Å². The van der Waals surface area contributed by atoms with Crippen LogP contribution >= 0.6 is 15.9 Å². The van der Waals surface area contributed by atoms with E-state index in [-0.39, 0.29) is 6.09 Å². The number of hydrogen-bond acceptors (Lipinski definition) is 4. The quantitative estimate of drug-likeness (QED) is 0.366. The molecule has 4 aromatic rings. The summed E-state index contributed by atoms with van der Waals surface area (Å²) in [5.74, 6) is 0. The molecule has 0 bridgehead atoms. The molecule has 0 unspecified atom stereocenters. The molecule has 2 aromatic heterocycles. The van der Waals surface area contributed by atoms with Crippen LogP contribution in [0.25, 0.3) is 27.6 Å². The van der Waals surface area contributed by atoms with Gasteiger partial charge in [-0.1, -0.05) is 28.1 Å². The van der Waals surface area contributed by atoms with Gasteiger partial charge >= 0.3 is 6.09 Å². The van der Waals surface area contributed by atoms with Gasteiger partial charge in [0.15, 0.2) is 0 Å². The number of fused-ring (bicyclic) bond motifs is 3. The number of alkyl carbamates (subject to hydrolysis) is 1. The van der Waals surface area contributed by atoms with Crippen LogP contribution in [0, 0.1) is 0 Å². The monoisotopic (exact) mass is 480 g/mol. The first-order valence-corrected chi connectivity index (χ1v) is 11.1. The summed E-state index contributed by atoms with van der Waals surface area (Å²) in [6, 6.07) is 14.5. The summed E-state index contributed by atoms with van der Waals surface area (Å²) in [7, 11) is 0. The summed E-state index contributed by atoms with van der Waals surface area (Å²) in [5, 5.41) is 3.86. The Morgan fingerprint density at radius 3 is 2.61 bits per heavy atom. The molecule has 7 heteroatoms. The van der Waals surface area contributed by atoms with Crippen molar-refractivity contribution in [1.82, 2.24) is 19.9 Å². The van der Waals surface area contributed by atoms with Crippen molar-refractivity contribution in [3.8, 4) is 5.69 Å². The van der Waals surface area contributed by atoms with Crippen molar-refractivity contribution in [1.29, 1.82) is 0 Å². The van der Waals surface area contributed by atoms with E-state index in [4.69, 9.17) is 4.74 Å². The van der Waals surface area contributed by atoms with Crippen molar-refractivity contribution in [3.63, 3.8) is 0 Å². The van der Waals surface area contributed by atoms with Crippen molar-refractivity contribution < 1.29 is 9.53 Å². The minimum absolute atomic E-state index is 0.372. The number of hydrogen-bond donors (Lipinski definition) is 1. The second-order valence-corrected chi connectivity index (χ2v) is 9.38. The number of nitrogens with one attached hydrogen (secondary N) is 1. The van der Waals surface area contributed by atoms with Crippen LogP contribution in [0.15, 0.2) is 59.5 Å². The zero-order valence-electron chi connectivity index (χ0n) is 17.9. The molecule has 160 valence electrons. The number of amides is 1. The normalized spacial score (nSPS) is 11.7. The molecule has 0 fully saturated rings. The van der Waals surface area contributed by atoms with Gasteiger partial charge < -0.3 is 10.1 Å². The summed E-state index contributed by atoms with van der Waals surface area (Å²) in [6.07, 6.45) is 5.00. The number of carbonyl (C=O) groups excluding carboxylic acids is 1. The van der Waals surface area contributed by atoms with Crippen LogP contribution in [0.2, 0.25) is 0 Å². The minimum atomic E-state index is -0.477. The Kier molecular flexibility index (Phi) is 5.96. The maximum Gasteiger partial charge on any atom is 0.407 e. The van der Waals surface area contributed by atoms with Crippen molar-refractivity contribution in [2.45, 2.75) is 39.2 Å². The molecule has 0 atom stereocenters. The number of rotatable bonds is 5. The number of nitrogens with zero attached hydrogens (tertiary/aromatic N) is 3. The SMILES string of the molecule is CC(C)(C)OC(=O)NCCCc1ccc(-n2cnc3cnc4ccc(Br)cc4c32)cc1. The number of carbonyl (C=O) groups is 1. The zero-order chi connectivity index (χ0) is 22.0. The fourth-order valence-corrected chi connectivity index (χ4v) is 3.84. The van der Waals surface area contributed by atoms with Gasteiger partial charge in [-0.05, 0) is 69.5 Å². The third-order valence-corrected chi connectivity index (χ3v) is 5.35. The van der Waals surface area contributed by atoms with E-state index in [0.717, 1.165) is 44.9 Å². The van der Waals surface area contributed by atoms with Gasteiger partial charge in [0, 0.05) is 22.1 Å². The topological polar surface area (TPSA) is 69.0 Å². The standard InChI is InChI=1S/C24H25BrN4O2/c1-24(2,3)31-23(30)26-12-4-5-16-6-9-18(10-7-16)29-15-28-21-14-27-20-11-8-17(25)13-19(20)22(21)29/h6-11,13-15H,4-5,12H2,1-3H3,(H,26,30). The molecule has 0 aliphatic carbocycles. The first kappa shape index (κ1) is 21.3. The molecule has 0 radical (unpaired) electrons. The lowest BCUT2D eigenvalue weighted by atomic mass is 10.1. The number of ether oxygens (including phenoxy) is 1. The van der Waals surface area contributed by atoms with Gasteiger partial charge in [-0.3, -0.25) is 9.55 Å². The summed E-state index contributed by atoms with van der Waals surface area (Å²) < 4.78 is 8.36. The Morgan fingerprint density at radius 1 is 1.10 bits per heavy atom. The highest BCUT2D eigenvalue weighted by Gasteiger charge is 2.15. The van der Waals surface area contributed by atoms with Crippen LogP contribution in [0.3, 0.4) is 0 Å². The first-order chi connectivity index (χ1) is 14.8. The van der Waals surface area contributed by atoms with Crippen LogP contribution in [0.1, 0.15) is 32.8 Å². The Hall–Kier alpha value is -2.93. The largest absolute Gasteiger partial charge is 0.444 e. The predicted molar refractivity (Wildman–Crippen MR) is 127 cm³/mol. The number of pyridine rings is 1. The van der Waals surface area contributed by atoms with E-state index in [0.29, 0.717) is 6.54 Å². The molecular formula is C24H25BrN4O2. The highest BCUT2D eigenvalue weighted by Crippen LogP contribution is 2.28. The lowest BCUT2D eigenvalue weighted by molar-refractivity contribution is 0.0527. The van der Waals surface area contributed by atoms with Crippen LogP contribution < -0.4 is 5.32 Å². The Bertz CT molecular complexity index is 1230. The average molecular weight is 481 g/mol. The molecule has 2 aromatic carbocycles. The zero-order valence-corrected chi connectivity index (χ0v) is 19.4. The Labute approximate surface area is 189 Å². The van der Waals surface area contributed by atoms with Gasteiger partial charge in [0.2, 0.25) is 0 Å². The Morgan fingerprint density at radius 2 is 1.87 bits per heavy atom. The first-order valence-electron chi connectivity index (χ1n) is 10.3. The number of benzene rings is 2. The van der Waals surface area contributed by atoms with Crippen LogP contribution in [0.4, 0.5) is 4.79 Å². The summed E-state index contributed by atoms with van der Waals surface area (Å²) >= 11 is 3.56. The van der Waals surface area contributed by atoms with E-state index in [1.54, 1.807) is 0 Å². The molecule has 0 saturated heterocycles. The van der Waals surface area contributed by atoms with Crippen LogP contribution in [-0.2, 0) is 11.2 Å². The molecule has 2 heterocycles. The molecule has 0 aliphatic heterocycles. The van der Waals surface area contributed by atoms with Crippen molar-refractivity contribution in [3.05, 3.63) is 65.0 Å². The molecule has 1 N–H and O–H groups in total. The summed E-state index contributed by atoms with van der Waals surface area (Å²) in [4.78, 5) is 20.8. The number of imidazole rings is 1. The van der Waals surface area contributed by atoms with E-state index >= 15 is 0 Å². The van der Waals surface area contributed by atoms with Gasteiger partial charge in [-0.15, -0.1) is 0 Å². The summed E-state index contributed by atoms with van der Waals surface area (Å²) in [6.45, 7) is 6.15. The maximum atomic E-state index is 11.7. The third-order valence-electron chi connectivity index (χ3n) is 4.86. The lowest BCUT2D eigenvalue weighted by Crippen LogP contribution is -2.33. The highest BCUT2D eigenvalue weighted by molar-refractivity contribution is 9.10. The van der Waals surface area contributed by atoms with Crippen LogP contribution in [-0.4, -0.2) is 32.8 Å². The van der Waals surface area contributed by atoms with Crippen molar-refractivity contribution in [2.75, 3.05) is 6.54 Å². The second-order valence-electron chi connectivity index (χ2n) is 8.47. The third kappa shape index (κ3) is 5.05. The molecule has 6 nitrogen and oxygen atoms in total. The molecule has 4 rings (SSSR count).